The van der Waals surface area contributed by atoms with Gasteiger partial charge in [0.2, 0.25) is 0 Å². The first-order valence-corrected chi connectivity index (χ1v) is 6.95. The molecule has 17 heavy (non-hydrogen) atoms. The van der Waals surface area contributed by atoms with Gasteiger partial charge in [0.25, 0.3) is 0 Å². The van der Waals surface area contributed by atoms with Crippen LogP contribution in [0.4, 0.5) is 0 Å². The fourth-order valence-electron chi connectivity index (χ4n) is 2.27. The van der Waals surface area contributed by atoms with Crippen LogP contribution in [-0.4, -0.2) is 43.7 Å². The summed E-state index contributed by atoms with van der Waals surface area (Å²) in [4.78, 5) is 11.7. The molecule has 1 aliphatic heterocycles. The van der Waals surface area contributed by atoms with Gasteiger partial charge in [-0.25, -0.2) is 0 Å². The van der Waals surface area contributed by atoms with Crippen LogP contribution in [0.2, 0.25) is 0 Å². The van der Waals surface area contributed by atoms with Crippen LogP contribution in [0.5, 0.6) is 0 Å². The summed E-state index contributed by atoms with van der Waals surface area (Å²) in [7, 11) is 2.28. The third kappa shape index (κ3) is 4.66. The fourth-order valence-corrected chi connectivity index (χ4v) is 2.27. The largest absolute Gasteiger partial charge is 0.459 e. The summed E-state index contributed by atoms with van der Waals surface area (Å²) in [5.41, 5.74) is 0. The van der Waals surface area contributed by atoms with E-state index in [2.05, 4.69) is 20.9 Å². The van der Waals surface area contributed by atoms with Crippen LogP contribution >= 0.6 is 0 Å². The normalized spacial score (nSPS) is 21.2. The zero-order valence-corrected chi connectivity index (χ0v) is 11.9. The Morgan fingerprint density at radius 1 is 1.18 bits per heavy atom. The molecule has 0 amide bonds. The first-order chi connectivity index (χ1) is 7.94. The van der Waals surface area contributed by atoms with Crippen molar-refractivity contribution >= 4 is 5.97 Å². The number of ether oxygens (including phenoxy) is 1. The predicted octanol–water partition coefficient (Wildman–Crippen LogP) is 2.45. The van der Waals surface area contributed by atoms with Crippen molar-refractivity contribution in [3.63, 3.8) is 0 Å². The molecule has 100 valence electrons. The minimum Gasteiger partial charge on any atom is -0.459 e. The maximum atomic E-state index is 11.7. The fraction of sp³-hybridized carbons (Fsp3) is 0.929. The molecule has 1 atom stereocenters. The van der Waals surface area contributed by atoms with E-state index in [-0.39, 0.29) is 11.9 Å². The van der Waals surface area contributed by atoms with Crippen molar-refractivity contribution in [3.8, 4) is 0 Å². The lowest BCUT2D eigenvalue weighted by Gasteiger charge is -2.37. The van der Waals surface area contributed by atoms with Gasteiger partial charge in [-0.3, -0.25) is 4.79 Å². The molecule has 0 aromatic rings. The summed E-state index contributed by atoms with van der Waals surface area (Å²) < 4.78 is 6.45. The van der Waals surface area contributed by atoms with E-state index >= 15 is 0 Å². The van der Waals surface area contributed by atoms with Crippen LogP contribution < -0.4 is 0 Å². The second-order valence-corrected chi connectivity index (χ2v) is 6.05. The summed E-state index contributed by atoms with van der Waals surface area (Å²) in [5.74, 6) is 0.340. The minimum absolute atomic E-state index is 0.0154. The molecule has 0 spiro atoms. The molecular weight excluding hydrogens is 214 g/mol. The van der Waals surface area contributed by atoms with Crippen LogP contribution in [0.1, 0.15) is 40.0 Å². The molecule has 1 rings (SSSR count). The molecule has 1 saturated heterocycles. The van der Waals surface area contributed by atoms with Crippen molar-refractivity contribution in [3.05, 3.63) is 0 Å². The highest BCUT2D eigenvalue weighted by Gasteiger charge is 2.25. The van der Waals surface area contributed by atoms with Gasteiger partial charge in [-0.05, 0) is 25.2 Å². The van der Waals surface area contributed by atoms with Gasteiger partial charge in [-0.2, -0.15) is 0 Å². The van der Waals surface area contributed by atoms with Gasteiger partial charge in [0.05, 0.1) is 26.1 Å². The highest BCUT2D eigenvalue weighted by atomic mass is 16.5. The number of nitrogens with zero attached hydrogens (tertiary/aromatic N) is 1. The first kappa shape index (κ1) is 14.5. The summed E-state index contributed by atoms with van der Waals surface area (Å²) in [6.07, 6.45) is 3.98. The second kappa shape index (κ2) is 6.39. The van der Waals surface area contributed by atoms with Crippen molar-refractivity contribution in [1.82, 2.24) is 0 Å². The predicted molar refractivity (Wildman–Crippen MR) is 69.6 cm³/mol. The highest BCUT2D eigenvalue weighted by Crippen LogP contribution is 2.16. The lowest BCUT2D eigenvalue weighted by molar-refractivity contribution is -0.914. The van der Waals surface area contributed by atoms with E-state index in [9.17, 15) is 4.79 Å². The van der Waals surface area contributed by atoms with Crippen molar-refractivity contribution in [2.24, 2.45) is 11.8 Å². The third-order valence-corrected chi connectivity index (χ3v) is 4.14. The Labute approximate surface area is 106 Å². The van der Waals surface area contributed by atoms with Gasteiger partial charge in [0, 0.05) is 0 Å². The average molecular weight is 242 g/mol. The summed E-state index contributed by atoms with van der Waals surface area (Å²) in [6.45, 7) is 10.1. The SMILES string of the molecule is CC(C)C(C)C(=O)OCC[N+]1(C)CCCCC1. The molecule has 1 heterocycles. The highest BCUT2D eigenvalue weighted by molar-refractivity contribution is 5.72. The average Bonchev–Trinajstić information content (AvgIpc) is 2.28. The maximum Gasteiger partial charge on any atom is 0.309 e. The molecule has 0 bridgehead atoms. The second-order valence-electron chi connectivity index (χ2n) is 6.05. The minimum atomic E-state index is -0.0383. The van der Waals surface area contributed by atoms with Crippen LogP contribution in [-0.2, 0) is 9.53 Å². The van der Waals surface area contributed by atoms with E-state index in [1.54, 1.807) is 0 Å². The van der Waals surface area contributed by atoms with Crippen molar-refractivity contribution in [2.75, 3.05) is 33.3 Å². The number of rotatable bonds is 5. The summed E-state index contributed by atoms with van der Waals surface area (Å²) in [6, 6.07) is 0. The van der Waals surface area contributed by atoms with E-state index in [0.29, 0.717) is 12.5 Å². The molecule has 1 aliphatic rings. The van der Waals surface area contributed by atoms with Gasteiger partial charge in [-0.1, -0.05) is 20.8 Å². The number of hydrogen-bond acceptors (Lipinski definition) is 2. The zero-order chi connectivity index (χ0) is 12.9. The maximum absolute atomic E-state index is 11.7. The number of carbonyl (C=O) groups excluding carboxylic acids is 1. The number of likely N-dealkylation sites (tertiary alicyclic amines) is 1. The zero-order valence-electron chi connectivity index (χ0n) is 11.9. The molecule has 1 fully saturated rings. The van der Waals surface area contributed by atoms with Gasteiger partial charge < -0.3 is 9.22 Å². The molecule has 1 unspecified atom stereocenters. The van der Waals surface area contributed by atoms with Gasteiger partial charge in [0.15, 0.2) is 0 Å². The lowest BCUT2D eigenvalue weighted by Crippen LogP contribution is -2.50. The van der Waals surface area contributed by atoms with Crippen LogP contribution in [0.25, 0.3) is 0 Å². The van der Waals surface area contributed by atoms with Crippen LogP contribution in [0.15, 0.2) is 0 Å². The Kier molecular flexibility index (Phi) is 5.44. The van der Waals surface area contributed by atoms with E-state index in [1.807, 2.05) is 6.92 Å². The topological polar surface area (TPSA) is 26.3 Å². The standard InChI is InChI=1S/C14H28NO2/c1-12(2)13(3)14(16)17-11-10-15(4)8-6-5-7-9-15/h12-13H,5-11H2,1-4H3/q+1. The van der Waals surface area contributed by atoms with Crippen molar-refractivity contribution in [1.29, 1.82) is 0 Å². The van der Waals surface area contributed by atoms with Crippen molar-refractivity contribution in [2.45, 2.75) is 40.0 Å². The molecule has 0 N–H and O–H groups in total. The molecule has 0 aliphatic carbocycles. The summed E-state index contributed by atoms with van der Waals surface area (Å²) >= 11 is 0. The Bertz CT molecular complexity index is 245. The lowest BCUT2D eigenvalue weighted by atomic mass is 9.99. The van der Waals surface area contributed by atoms with E-state index < -0.39 is 0 Å². The Morgan fingerprint density at radius 2 is 1.76 bits per heavy atom. The number of esters is 1. The molecule has 3 heteroatoms. The first-order valence-electron chi connectivity index (χ1n) is 6.95. The third-order valence-electron chi connectivity index (χ3n) is 4.14. The molecular formula is C14H28NO2+. The van der Waals surface area contributed by atoms with Gasteiger partial charge in [0.1, 0.15) is 13.2 Å². The molecule has 3 nitrogen and oxygen atoms in total. The number of quaternary nitrogens is 1. The van der Waals surface area contributed by atoms with Crippen molar-refractivity contribution < 1.29 is 14.0 Å². The van der Waals surface area contributed by atoms with E-state index in [4.69, 9.17) is 4.74 Å². The molecule has 0 aromatic carbocycles. The monoisotopic (exact) mass is 242 g/mol. The molecule has 0 saturated carbocycles. The van der Waals surface area contributed by atoms with Gasteiger partial charge >= 0.3 is 5.97 Å². The Hall–Kier alpha value is -0.570. The number of hydrogen-bond donors (Lipinski definition) is 0. The number of piperidine rings is 1. The van der Waals surface area contributed by atoms with E-state index in [0.717, 1.165) is 11.0 Å². The van der Waals surface area contributed by atoms with Crippen LogP contribution in [0, 0.1) is 11.8 Å². The smallest absolute Gasteiger partial charge is 0.309 e. The number of carbonyl (C=O) groups is 1. The van der Waals surface area contributed by atoms with Crippen LogP contribution in [0.3, 0.4) is 0 Å². The Morgan fingerprint density at radius 3 is 2.29 bits per heavy atom. The molecule has 0 radical (unpaired) electrons. The molecule has 0 aromatic heterocycles. The van der Waals surface area contributed by atoms with E-state index in [1.165, 1.54) is 32.4 Å². The Balaban J connectivity index is 2.25. The summed E-state index contributed by atoms with van der Waals surface area (Å²) in [5, 5.41) is 0. The number of likely N-dealkylation sites (N-methyl/N-ethyl adjacent to an activating group) is 1. The van der Waals surface area contributed by atoms with Gasteiger partial charge in [-0.15, -0.1) is 0 Å². The quantitative estimate of drug-likeness (QED) is 0.547.